The second kappa shape index (κ2) is 9.34. The van der Waals surface area contributed by atoms with Gasteiger partial charge in [0, 0.05) is 25.4 Å². The van der Waals surface area contributed by atoms with Crippen molar-refractivity contribution in [2.45, 2.75) is 26.3 Å². The second-order valence-corrected chi connectivity index (χ2v) is 4.89. The van der Waals surface area contributed by atoms with Crippen molar-refractivity contribution in [3.8, 4) is 0 Å². The van der Waals surface area contributed by atoms with E-state index in [0.29, 0.717) is 19.7 Å². The number of carbonyl (C=O) groups excluding carboxylic acids is 1. The topological polar surface area (TPSA) is 81.6 Å². The van der Waals surface area contributed by atoms with Crippen molar-refractivity contribution < 1.29 is 9.53 Å². The summed E-state index contributed by atoms with van der Waals surface area (Å²) in [7, 11) is 0. The molecule has 1 rings (SSSR count). The molecule has 5 nitrogen and oxygen atoms in total. The van der Waals surface area contributed by atoms with Crippen LogP contribution in [0.15, 0.2) is 24.3 Å². The minimum Gasteiger partial charge on any atom is -0.399 e. The van der Waals surface area contributed by atoms with Gasteiger partial charge >= 0.3 is 0 Å². The summed E-state index contributed by atoms with van der Waals surface area (Å²) in [6.45, 7) is 5.05. The Morgan fingerprint density at radius 1 is 1.35 bits per heavy atom. The Morgan fingerprint density at radius 2 is 2.15 bits per heavy atom. The van der Waals surface area contributed by atoms with E-state index in [1.807, 2.05) is 29.2 Å². The van der Waals surface area contributed by atoms with Gasteiger partial charge in [-0.3, -0.25) is 9.69 Å². The SMILES string of the molecule is CCCCOCCN(CC(N)=O)Cc1cccc(N)c1. The number of primary amides is 1. The molecule has 112 valence electrons. The number of benzene rings is 1. The highest BCUT2D eigenvalue weighted by molar-refractivity contribution is 5.75. The number of rotatable bonds is 10. The van der Waals surface area contributed by atoms with E-state index >= 15 is 0 Å². The Hall–Kier alpha value is -1.59. The Labute approximate surface area is 120 Å². The summed E-state index contributed by atoms with van der Waals surface area (Å²) in [6, 6.07) is 7.65. The third-order valence-electron chi connectivity index (χ3n) is 2.93. The molecule has 0 heterocycles. The maximum Gasteiger partial charge on any atom is 0.231 e. The largest absolute Gasteiger partial charge is 0.399 e. The first-order chi connectivity index (χ1) is 9.61. The third-order valence-corrected chi connectivity index (χ3v) is 2.93. The van der Waals surface area contributed by atoms with Crippen LogP contribution in [0.1, 0.15) is 25.3 Å². The van der Waals surface area contributed by atoms with E-state index in [4.69, 9.17) is 16.2 Å². The highest BCUT2D eigenvalue weighted by Crippen LogP contribution is 2.09. The molecular formula is C15H25N3O2. The number of hydrogen-bond acceptors (Lipinski definition) is 4. The molecule has 0 bridgehead atoms. The molecule has 0 radical (unpaired) electrons. The molecule has 0 aromatic heterocycles. The lowest BCUT2D eigenvalue weighted by molar-refractivity contribution is -0.119. The van der Waals surface area contributed by atoms with E-state index in [-0.39, 0.29) is 12.5 Å². The van der Waals surface area contributed by atoms with Gasteiger partial charge in [-0.05, 0) is 24.1 Å². The lowest BCUT2D eigenvalue weighted by Gasteiger charge is -2.21. The van der Waals surface area contributed by atoms with Crippen LogP contribution in [0.5, 0.6) is 0 Å². The molecule has 0 unspecified atom stereocenters. The van der Waals surface area contributed by atoms with Crippen LogP contribution < -0.4 is 11.5 Å². The molecule has 0 saturated heterocycles. The number of unbranched alkanes of at least 4 members (excludes halogenated alkanes) is 1. The van der Waals surface area contributed by atoms with Gasteiger partial charge in [0.05, 0.1) is 13.2 Å². The molecule has 1 aromatic rings. The number of nitrogens with zero attached hydrogens (tertiary/aromatic N) is 1. The van der Waals surface area contributed by atoms with Crippen molar-refractivity contribution in [3.63, 3.8) is 0 Å². The van der Waals surface area contributed by atoms with Crippen LogP contribution in [-0.4, -0.2) is 37.1 Å². The van der Waals surface area contributed by atoms with Gasteiger partial charge < -0.3 is 16.2 Å². The van der Waals surface area contributed by atoms with Gasteiger partial charge in [0.15, 0.2) is 0 Å². The van der Waals surface area contributed by atoms with Crippen LogP contribution in [0, 0.1) is 0 Å². The summed E-state index contributed by atoms with van der Waals surface area (Å²) in [5.41, 5.74) is 12.8. The Balaban J connectivity index is 2.45. The first-order valence-electron chi connectivity index (χ1n) is 7.04. The van der Waals surface area contributed by atoms with Crippen LogP contribution in [0.25, 0.3) is 0 Å². The zero-order valence-corrected chi connectivity index (χ0v) is 12.2. The minimum absolute atomic E-state index is 0.228. The van der Waals surface area contributed by atoms with Crippen LogP contribution in [0.3, 0.4) is 0 Å². The molecule has 5 heteroatoms. The van der Waals surface area contributed by atoms with E-state index in [1.54, 1.807) is 0 Å². The van der Waals surface area contributed by atoms with Crippen LogP contribution in [0.2, 0.25) is 0 Å². The fourth-order valence-electron chi connectivity index (χ4n) is 1.93. The summed E-state index contributed by atoms with van der Waals surface area (Å²) in [6.07, 6.45) is 2.18. The molecule has 0 aliphatic rings. The lowest BCUT2D eigenvalue weighted by Crippen LogP contribution is -2.35. The number of nitrogens with two attached hydrogens (primary N) is 2. The summed E-state index contributed by atoms with van der Waals surface area (Å²) >= 11 is 0. The van der Waals surface area contributed by atoms with Gasteiger partial charge in [-0.2, -0.15) is 0 Å². The number of ether oxygens (including phenoxy) is 1. The molecule has 0 aliphatic carbocycles. The zero-order chi connectivity index (χ0) is 14.8. The molecule has 0 fully saturated rings. The maximum atomic E-state index is 11.1. The number of amides is 1. The van der Waals surface area contributed by atoms with Crippen LogP contribution in [-0.2, 0) is 16.1 Å². The van der Waals surface area contributed by atoms with Gasteiger partial charge in [-0.1, -0.05) is 25.5 Å². The van der Waals surface area contributed by atoms with E-state index in [1.165, 1.54) is 0 Å². The van der Waals surface area contributed by atoms with Gasteiger partial charge in [0.2, 0.25) is 5.91 Å². The molecule has 0 spiro atoms. The lowest BCUT2D eigenvalue weighted by atomic mass is 10.2. The van der Waals surface area contributed by atoms with E-state index < -0.39 is 0 Å². The fourth-order valence-corrected chi connectivity index (χ4v) is 1.93. The zero-order valence-electron chi connectivity index (χ0n) is 12.2. The normalized spacial score (nSPS) is 10.9. The molecular weight excluding hydrogens is 254 g/mol. The molecule has 4 N–H and O–H groups in total. The number of nitrogen functional groups attached to an aromatic ring is 1. The van der Waals surface area contributed by atoms with Gasteiger partial charge in [0.25, 0.3) is 0 Å². The van der Waals surface area contributed by atoms with Gasteiger partial charge in [-0.15, -0.1) is 0 Å². The first kappa shape index (κ1) is 16.5. The summed E-state index contributed by atoms with van der Waals surface area (Å²) in [4.78, 5) is 13.1. The average molecular weight is 279 g/mol. The van der Waals surface area contributed by atoms with Crippen molar-refractivity contribution in [2.75, 3.05) is 32.0 Å². The monoisotopic (exact) mass is 279 g/mol. The van der Waals surface area contributed by atoms with Crippen LogP contribution in [0.4, 0.5) is 5.69 Å². The predicted molar refractivity (Wildman–Crippen MR) is 81.1 cm³/mol. The minimum atomic E-state index is -0.331. The first-order valence-corrected chi connectivity index (χ1v) is 7.04. The maximum absolute atomic E-state index is 11.1. The number of hydrogen-bond donors (Lipinski definition) is 2. The fraction of sp³-hybridized carbons (Fsp3) is 0.533. The Bertz CT molecular complexity index is 410. The van der Waals surface area contributed by atoms with Crippen molar-refractivity contribution in [2.24, 2.45) is 5.73 Å². The molecule has 0 aliphatic heterocycles. The Kier molecular flexibility index (Phi) is 7.69. The van der Waals surface area contributed by atoms with Gasteiger partial charge in [-0.25, -0.2) is 0 Å². The quantitative estimate of drug-likeness (QED) is 0.500. The Morgan fingerprint density at radius 3 is 2.80 bits per heavy atom. The standard InChI is InChI=1S/C15H25N3O2/c1-2-3-8-20-9-7-18(12-15(17)19)11-13-5-4-6-14(16)10-13/h4-6,10H,2-3,7-9,11-12,16H2,1H3,(H2,17,19). The molecule has 1 amide bonds. The van der Waals surface area contributed by atoms with E-state index in [9.17, 15) is 4.79 Å². The second-order valence-electron chi connectivity index (χ2n) is 4.89. The molecule has 20 heavy (non-hydrogen) atoms. The smallest absolute Gasteiger partial charge is 0.231 e. The van der Waals surface area contributed by atoms with Gasteiger partial charge in [0.1, 0.15) is 0 Å². The highest BCUT2D eigenvalue weighted by Gasteiger charge is 2.09. The van der Waals surface area contributed by atoms with E-state index in [2.05, 4.69) is 6.92 Å². The molecule has 1 aromatic carbocycles. The third kappa shape index (κ3) is 7.11. The number of anilines is 1. The highest BCUT2D eigenvalue weighted by atomic mass is 16.5. The predicted octanol–water partition coefficient (Wildman–Crippen LogP) is 1.37. The van der Waals surface area contributed by atoms with Crippen molar-refractivity contribution in [1.82, 2.24) is 4.90 Å². The summed E-state index contributed by atoms with van der Waals surface area (Å²) < 4.78 is 5.53. The van der Waals surface area contributed by atoms with E-state index in [0.717, 1.165) is 30.7 Å². The summed E-state index contributed by atoms with van der Waals surface area (Å²) in [5.74, 6) is -0.331. The molecule has 0 atom stereocenters. The van der Waals surface area contributed by atoms with Crippen LogP contribution >= 0.6 is 0 Å². The van der Waals surface area contributed by atoms with Crippen molar-refractivity contribution in [3.05, 3.63) is 29.8 Å². The van der Waals surface area contributed by atoms with Crippen molar-refractivity contribution >= 4 is 11.6 Å². The van der Waals surface area contributed by atoms with Crippen molar-refractivity contribution in [1.29, 1.82) is 0 Å². The molecule has 0 saturated carbocycles. The average Bonchev–Trinajstić information content (AvgIpc) is 2.37. The number of carbonyl (C=O) groups is 1. The summed E-state index contributed by atoms with van der Waals surface area (Å²) in [5, 5.41) is 0.